The minimum Gasteiger partial charge on any atom is -0.451 e. The molecule has 5 nitrogen and oxygen atoms in total. The lowest BCUT2D eigenvalue weighted by molar-refractivity contribution is 0.0319. The maximum atomic E-state index is 13.2. The molecule has 1 aromatic carbocycles. The Balaban J connectivity index is 1.90. The number of aromatic amines is 1. The van der Waals surface area contributed by atoms with Gasteiger partial charge in [-0.3, -0.25) is 4.79 Å². The Kier molecular flexibility index (Phi) is 4.19. The Bertz CT molecular complexity index is 993. The van der Waals surface area contributed by atoms with Crippen LogP contribution >= 0.6 is 11.3 Å². The van der Waals surface area contributed by atoms with Gasteiger partial charge in [-0.05, 0) is 44.5 Å². The van der Waals surface area contributed by atoms with E-state index >= 15 is 0 Å². The van der Waals surface area contributed by atoms with E-state index in [2.05, 4.69) is 9.97 Å². The molecular formula is C17H15FN2O3S. The van der Waals surface area contributed by atoms with Crippen LogP contribution in [0.25, 0.3) is 10.2 Å². The molecule has 0 aliphatic carbocycles. The normalized spacial score (nSPS) is 12.3. The number of benzene rings is 1. The summed E-state index contributed by atoms with van der Waals surface area (Å²) in [6.45, 7) is 5.40. The highest BCUT2D eigenvalue weighted by atomic mass is 32.1. The lowest BCUT2D eigenvalue weighted by atomic mass is 10.2. The average molecular weight is 346 g/mol. The summed E-state index contributed by atoms with van der Waals surface area (Å²) in [6.07, 6.45) is -0.763. The molecule has 0 unspecified atom stereocenters. The summed E-state index contributed by atoms with van der Waals surface area (Å²) in [5.74, 6) is -0.934. The molecule has 3 aromatic rings. The second kappa shape index (κ2) is 6.16. The van der Waals surface area contributed by atoms with Gasteiger partial charge in [-0.15, -0.1) is 11.3 Å². The van der Waals surface area contributed by atoms with Gasteiger partial charge < -0.3 is 9.72 Å². The van der Waals surface area contributed by atoms with Gasteiger partial charge in [-0.2, -0.15) is 0 Å². The number of ether oxygens (including phenoxy) is 1. The lowest BCUT2D eigenvalue weighted by Crippen LogP contribution is -2.17. The number of nitrogens with one attached hydrogen (secondary N) is 1. The number of carbonyl (C=O) groups is 1. The highest BCUT2D eigenvalue weighted by Crippen LogP contribution is 2.27. The van der Waals surface area contributed by atoms with Gasteiger partial charge >= 0.3 is 5.97 Å². The number of hydrogen-bond acceptors (Lipinski definition) is 5. The van der Waals surface area contributed by atoms with Crippen molar-refractivity contribution in [3.8, 4) is 0 Å². The molecule has 0 aliphatic heterocycles. The molecule has 0 saturated carbocycles. The second-order valence-electron chi connectivity index (χ2n) is 5.47. The van der Waals surface area contributed by atoms with E-state index in [1.807, 2.05) is 13.8 Å². The zero-order valence-electron chi connectivity index (χ0n) is 13.3. The average Bonchev–Trinajstić information content (AvgIpc) is 2.82. The Morgan fingerprint density at radius 1 is 1.38 bits per heavy atom. The topological polar surface area (TPSA) is 72.0 Å². The van der Waals surface area contributed by atoms with E-state index in [0.29, 0.717) is 10.2 Å². The fourth-order valence-corrected chi connectivity index (χ4v) is 3.40. The Hall–Kier alpha value is -2.54. The van der Waals surface area contributed by atoms with E-state index in [0.717, 1.165) is 16.5 Å². The van der Waals surface area contributed by atoms with E-state index < -0.39 is 17.9 Å². The van der Waals surface area contributed by atoms with E-state index in [4.69, 9.17) is 4.74 Å². The number of thiophene rings is 1. The molecule has 0 bridgehead atoms. The van der Waals surface area contributed by atoms with Crippen LogP contribution in [0.1, 0.15) is 39.7 Å². The molecule has 7 heteroatoms. The predicted octanol–water partition coefficient (Wildman–Crippen LogP) is 3.66. The smallest absolute Gasteiger partial charge is 0.338 e. The van der Waals surface area contributed by atoms with Crippen LogP contribution in [0.4, 0.5) is 4.39 Å². The van der Waals surface area contributed by atoms with Crippen LogP contribution in [0.15, 0.2) is 29.1 Å². The van der Waals surface area contributed by atoms with Crippen LogP contribution in [0.2, 0.25) is 0 Å². The first-order valence-corrected chi connectivity index (χ1v) is 8.15. The fourth-order valence-electron chi connectivity index (χ4n) is 2.36. The number of rotatable bonds is 3. The molecule has 24 heavy (non-hydrogen) atoms. The summed E-state index contributed by atoms with van der Waals surface area (Å²) in [4.78, 5) is 33.0. The van der Waals surface area contributed by atoms with Crippen molar-refractivity contribution in [2.75, 3.05) is 0 Å². The number of halogens is 1. The highest BCUT2D eigenvalue weighted by molar-refractivity contribution is 7.18. The van der Waals surface area contributed by atoms with Gasteiger partial charge in [0.05, 0.1) is 10.9 Å². The summed E-state index contributed by atoms with van der Waals surface area (Å²) >= 11 is 1.42. The number of fused-ring (bicyclic) bond motifs is 1. The van der Waals surface area contributed by atoms with Gasteiger partial charge in [-0.1, -0.05) is 6.07 Å². The third kappa shape index (κ3) is 2.94. The summed E-state index contributed by atoms with van der Waals surface area (Å²) in [5, 5.41) is 0.560. The summed E-state index contributed by atoms with van der Waals surface area (Å²) in [5.41, 5.74) is 0.748. The minimum atomic E-state index is -0.763. The second-order valence-corrected chi connectivity index (χ2v) is 6.68. The number of hydrogen-bond donors (Lipinski definition) is 1. The van der Waals surface area contributed by atoms with Crippen LogP contribution in [0.5, 0.6) is 0 Å². The molecule has 1 N–H and O–H groups in total. The fraction of sp³-hybridized carbons (Fsp3) is 0.235. The monoisotopic (exact) mass is 346 g/mol. The minimum absolute atomic E-state index is 0.105. The van der Waals surface area contributed by atoms with Gasteiger partial charge in [0.15, 0.2) is 11.9 Å². The van der Waals surface area contributed by atoms with Crippen molar-refractivity contribution in [2.45, 2.75) is 26.9 Å². The van der Waals surface area contributed by atoms with Crippen LogP contribution in [-0.2, 0) is 4.74 Å². The molecular weight excluding hydrogens is 331 g/mol. The molecule has 124 valence electrons. The zero-order valence-corrected chi connectivity index (χ0v) is 14.2. The number of nitrogens with zero attached hydrogens (tertiary/aromatic N) is 1. The molecule has 1 atom stereocenters. The van der Waals surface area contributed by atoms with E-state index in [-0.39, 0.29) is 16.9 Å². The first-order chi connectivity index (χ1) is 11.4. The Labute approximate surface area is 141 Å². The van der Waals surface area contributed by atoms with Crippen LogP contribution < -0.4 is 5.56 Å². The molecule has 0 spiro atoms. The molecule has 2 heterocycles. The van der Waals surface area contributed by atoms with Crippen LogP contribution in [0.3, 0.4) is 0 Å². The maximum Gasteiger partial charge on any atom is 0.338 e. The van der Waals surface area contributed by atoms with Crippen molar-refractivity contribution >= 4 is 27.5 Å². The molecule has 0 aliphatic rings. The number of H-pyrrole nitrogens is 1. The highest BCUT2D eigenvalue weighted by Gasteiger charge is 2.19. The third-order valence-electron chi connectivity index (χ3n) is 3.79. The van der Waals surface area contributed by atoms with E-state index in [1.54, 1.807) is 6.92 Å². The van der Waals surface area contributed by atoms with Crippen LogP contribution in [0, 0.1) is 19.7 Å². The van der Waals surface area contributed by atoms with Crippen molar-refractivity contribution in [2.24, 2.45) is 0 Å². The number of carbonyl (C=O) groups excluding carboxylic acids is 1. The molecule has 0 saturated heterocycles. The molecule has 0 amide bonds. The first-order valence-electron chi connectivity index (χ1n) is 7.33. The summed E-state index contributed by atoms with van der Waals surface area (Å²) in [7, 11) is 0. The van der Waals surface area contributed by atoms with Gasteiger partial charge in [0.1, 0.15) is 10.6 Å². The van der Waals surface area contributed by atoms with E-state index in [1.165, 1.54) is 29.5 Å². The summed E-state index contributed by atoms with van der Waals surface area (Å²) < 4.78 is 18.5. The number of esters is 1. The molecule has 3 rings (SSSR count). The Morgan fingerprint density at radius 3 is 2.83 bits per heavy atom. The standard InChI is InChI=1S/C17H15FN2O3S/c1-8-10(3)24-16-13(8)15(21)19-14(20-16)9(2)23-17(22)11-5-4-6-12(18)7-11/h4-7,9H,1-3H3,(H,19,20,21)/t9-/m1/s1. The van der Waals surface area contributed by atoms with Gasteiger partial charge in [-0.25, -0.2) is 14.2 Å². The van der Waals surface area contributed by atoms with Crippen molar-refractivity contribution in [1.82, 2.24) is 9.97 Å². The van der Waals surface area contributed by atoms with Gasteiger partial charge in [0.25, 0.3) is 5.56 Å². The number of aryl methyl sites for hydroxylation is 2. The van der Waals surface area contributed by atoms with Crippen molar-refractivity contribution in [1.29, 1.82) is 0 Å². The molecule has 0 fully saturated rings. The quantitative estimate of drug-likeness (QED) is 0.735. The summed E-state index contributed by atoms with van der Waals surface area (Å²) in [6, 6.07) is 5.23. The lowest BCUT2D eigenvalue weighted by Gasteiger charge is -2.12. The Morgan fingerprint density at radius 2 is 2.12 bits per heavy atom. The van der Waals surface area contributed by atoms with Gasteiger partial charge in [0.2, 0.25) is 0 Å². The SMILES string of the molecule is Cc1sc2nc([C@@H](C)OC(=O)c3cccc(F)c3)[nH]c(=O)c2c1C. The molecule has 0 radical (unpaired) electrons. The largest absolute Gasteiger partial charge is 0.451 e. The third-order valence-corrected chi connectivity index (χ3v) is 4.89. The van der Waals surface area contributed by atoms with Crippen LogP contribution in [-0.4, -0.2) is 15.9 Å². The van der Waals surface area contributed by atoms with E-state index in [9.17, 15) is 14.0 Å². The first kappa shape index (κ1) is 16.3. The maximum absolute atomic E-state index is 13.2. The predicted molar refractivity (Wildman–Crippen MR) is 89.9 cm³/mol. The van der Waals surface area contributed by atoms with Gasteiger partial charge in [0, 0.05) is 4.88 Å². The van der Waals surface area contributed by atoms with Crippen molar-refractivity contribution in [3.05, 3.63) is 62.3 Å². The number of aromatic nitrogens is 2. The van der Waals surface area contributed by atoms with Crippen molar-refractivity contribution in [3.63, 3.8) is 0 Å². The molecule has 2 aromatic heterocycles. The zero-order chi connectivity index (χ0) is 17.4. The van der Waals surface area contributed by atoms with Crippen molar-refractivity contribution < 1.29 is 13.9 Å².